The second-order valence-electron chi connectivity index (χ2n) is 5.68. The lowest BCUT2D eigenvalue weighted by Crippen LogP contribution is -2.52. The Bertz CT molecular complexity index is 487. The van der Waals surface area contributed by atoms with E-state index in [1.54, 1.807) is 12.1 Å². The summed E-state index contributed by atoms with van der Waals surface area (Å²) in [7, 11) is 0. The van der Waals surface area contributed by atoms with Crippen LogP contribution in [0.1, 0.15) is 31.2 Å². The van der Waals surface area contributed by atoms with Gasteiger partial charge in [-0.1, -0.05) is 12.1 Å². The van der Waals surface area contributed by atoms with Gasteiger partial charge in [-0.2, -0.15) is 0 Å². The van der Waals surface area contributed by atoms with Crippen LogP contribution in [0.5, 0.6) is 0 Å². The number of hydrogen-bond donors (Lipinski definition) is 1. The number of hydrogen-bond acceptors (Lipinski definition) is 3. The number of piperidine rings is 2. The molecule has 1 aromatic carbocycles. The van der Waals surface area contributed by atoms with Crippen molar-refractivity contribution in [2.24, 2.45) is 0 Å². The summed E-state index contributed by atoms with van der Waals surface area (Å²) in [6.07, 6.45) is 2.36. The first-order chi connectivity index (χ1) is 9.07. The van der Waals surface area contributed by atoms with Crippen LogP contribution in [0, 0.1) is 5.82 Å². The second kappa shape index (κ2) is 4.69. The van der Waals surface area contributed by atoms with Gasteiger partial charge < -0.3 is 5.11 Å². The van der Waals surface area contributed by atoms with E-state index in [1.165, 1.54) is 12.1 Å². The standard InChI is InChI=1S/C15H18FNO2/c16-12-3-1-11(2-4-12)15(19)6-8-17-7-5-14(18)9-13(17)10-15/h1-4,13,19H,5-10H2. The summed E-state index contributed by atoms with van der Waals surface area (Å²) in [6, 6.07) is 6.19. The molecule has 2 atom stereocenters. The third-order valence-corrected chi connectivity index (χ3v) is 4.43. The molecule has 0 radical (unpaired) electrons. The first-order valence-electron chi connectivity index (χ1n) is 6.81. The molecular formula is C15H18FNO2. The molecule has 1 aromatic rings. The summed E-state index contributed by atoms with van der Waals surface area (Å²) in [5.41, 5.74) is -0.168. The van der Waals surface area contributed by atoms with Crippen molar-refractivity contribution in [2.75, 3.05) is 13.1 Å². The fourth-order valence-electron chi connectivity index (χ4n) is 3.28. The molecule has 2 aliphatic rings. The first kappa shape index (κ1) is 12.8. The molecule has 2 heterocycles. The van der Waals surface area contributed by atoms with E-state index >= 15 is 0 Å². The predicted octanol–water partition coefficient (Wildman–Crippen LogP) is 1.84. The van der Waals surface area contributed by atoms with Gasteiger partial charge in [-0.3, -0.25) is 9.69 Å². The van der Waals surface area contributed by atoms with Gasteiger partial charge >= 0.3 is 0 Å². The normalized spacial score (nSPS) is 32.1. The van der Waals surface area contributed by atoms with Crippen molar-refractivity contribution in [3.8, 4) is 0 Å². The smallest absolute Gasteiger partial charge is 0.135 e. The molecule has 0 bridgehead atoms. The van der Waals surface area contributed by atoms with Crippen molar-refractivity contribution >= 4 is 5.78 Å². The zero-order valence-electron chi connectivity index (χ0n) is 10.8. The van der Waals surface area contributed by atoms with E-state index in [2.05, 4.69) is 4.90 Å². The van der Waals surface area contributed by atoms with Crippen LogP contribution >= 0.6 is 0 Å². The molecule has 2 saturated heterocycles. The minimum atomic E-state index is -0.924. The fourth-order valence-corrected chi connectivity index (χ4v) is 3.28. The largest absolute Gasteiger partial charge is 0.385 e. The van der Waals surface area contributed by atoms with Crippen molar-refractivity contribution in [1.82, 2.24) is 4.90 Å². The van der Waals surface area contributed by atoms with E-state index in [1.807, 2.05) is 0 Å². The Hall–Kier alpha value is -1.26. The molecule has 2 fully saturated rings. The first-order valence-corrected chi connectivity index (χ1v) is 6.81. The van der Waals surface area contributed by atoms with Crippen LogP contribution in [0.25, 0.3) is 0 Å². The zero-order valence-corrected chi connectivity index (χ0v) is 10.8. The van der Waals surface area contributed by atoms with Crippen LogP contribution in [0.2, 0.25) is 0 Å². The van der Waals surface area contributed by atoms with Gasteiger partial charge in [-0.25, -0.2) is 4.39 Å². The van der Waals surface area contributed by atoms with Crippen LogP contribution < -0.4 is 0 Å². The molecule has 0 aliphatic carbocycles. The minimum absolute atomic E-state index is 0.130. The van der Waals surface area contributed by atoms with Crippen LogP contribution in [0.3, 0.4) is 0 Å². The van der Waals surface area contributed by atoms with E-state index in [-0.39, 0.29) is 17.6 Å². The highest BCUT2D eigenvalue weighted by atomic mass is 19.1. The molecule has 0 saturated carbocycles. The molecular weight excluding hydrogens is 245 g/mol. The highest BCUT2D eigenvalue weighted by Gasteiger charge is 2.41. The predicted molar refractivity (Wildman–Crippen MR) is 69.1 cm³/mol. The van der Waals surface area contributed by atoms with Crippen molar-refractivity contribution in [1.29, 1.82) is 0 Å². The van der Waals surface area contributed by atoms with Gasteiger partial charge in [0.05, 0.1) is 5.60 Å². The summed E-state index contributed by atoms with van der Waals surface area (Å²) in [4.78, 5) is 13.8. The second-order valence-corrected chi connectivity index (χ2v) is 5.68. The number of nitrogens with zero attached hydrogens (tertiary/aromatic N) is 1. The molecule has 4 heteroatoms. The topological polar surface area (TPSA) is 40.5 Å². The Morgan fingerprint density at radius 3 is 2.74 bits per heavy atom. The van der Waals surface area contributed by atoms with Gasteiger partial charge in [-0.15, -0.1) is 0 Å². The van der Waals surface area contributed by atoms with Crippen LogP contribution in [-0.2, 0) is 10.4 Å². The van der Waals surface area contributed by atoms with E-state index in [9.17, 15) is 14.3 Å². The van der Waals surface area contributed by atoms with E-state index < -0.39 is 5.60 Å². The number of halogens is 1. The van der Waals surface area contributed by atoms with Crippen molar-refractivity contribution in [3.05, 3.63) is 35.6 Å². The maximum absolute atomic E-state index is 13.0. The Labute approximate surface area is 112 Å². The summed E-state index contributed by atoms with van der Waals surface area (Å²) < 4.78 is 13.0. The summed E-state index contributed by atoms with van der Waals surface area (Å²) >= 11 is 0. The number of benzene rings is 1. The van der Waals surface area contributed by atoms with E-state index in [4.69, 9.17) is 0 Å². The van der Waals surface area contributed by atoms with Crippen LogP contribution in [-0.4, -0.2) is 34.9 Å². The summed E-state index contributed by atoms with van der Waals surface area (Å²) in [5.74, 6) is -0.0118. The number of Topliss-reactive ketones (excluding diaryl/α,β-unsaturated/α-hetero) is 1. The van der Waals surface area contributed by atoms with Gasteiger partial charge in [0.1, 0.15) is 11.6 Å². The lowest BCUT2D eigenvalue weighted by atomic mass is 9.78. The van der Waals surface area contributed by atoms with Crippen LogP contribution in [0.4, 0.5) is 4.39 Å². The molecule has 0 aromatic heterocycles. The molecule has 2 aliphatic heterocycles. The van der Waals surface area contributed by atoms with Gasteiger partial charge in [-0.05, 0) is 30.5 Å². The summed E-state index contributed by atoms with van der Waals surface area (Å²) in [5, 5.41) is 10.8. The number of carbonyl (C=O) groups excluding carboxylic acids is 1. The Morgan fingerprint density at radius 2 is 2.00 bits per heavy atom. The highest BCUT2D eigenvalue weighted by molar-refractivity contribution is 5.80. The van der Waals surface area contributed by atoms with Gasteiger partial charge in [0.2, 0.25) is 0 Å². The minimum Gasteiger partial charge on any atom is -0.385 e. The summed E-state index contributed by atoms with van der Waals surface area (Å²) in [6.45, 7) is 1.61. The molecule has 3 rings (SSSR count). The molecule has 19 heavy (non-hydrogen) atoms. The third kappa shape index (κ3) is 2.42. The van der Waals surface area contributed by atoms with Crippen molar-refractivity contribution < 1.29 is 14.3 Å². The van der Waals surface area contributed by atoms with E-state index in [0.29, 0.717) is 25.7 Å². The molecule has 0 spiro atoms. The zero-order chi connectivity index (χ0) is 13.5. The number of ketones is 1. The molecule has 1 N–H and O–H groups in total. The molecule has 2 unspecified atom stereocenters. The maximum Gasteiger partial charge on any atom is 0.135 e. The SMILES string of the molecule is O=C1CCN2CCC(O)(c3ccc(F)cc3)CC2C1. The lowest BCUT2D eigenvalue weighted by molar-refractivity contribution is -0.127. The van der Waals surface area contributed by atoms with Crippen molar-refractivity contribution in [3.63, 3.8) is 0 Å². The fraction of sp³-hybridized carbons (Fsp3) is 0.533. The van der Waals surface area contributed by atoms with Gasteiger partial charge in [0.25, 0.3) is 0 Å². The van der Waals surface area contributed by atoms with Gasteiger partial charge in [0, 0.05) is 32.0 Å². The number of fused-ring (bicyclic) bond motifs is 1. The number of aliphatic hydroxyl groups is 1. The van der Waals surface area contributed by atoms with Crippen molar-refractivity contribution in [2.45, 2.75) is 37.3 Å². The molecule has 3 nitrogen and oxygen atoms in total. The Morgan fingerprint density at radius 1 is 1.26 bits per heavy atom. The average molecular weight is 263 g/mol. The van der Waals surface area contributed by atoms with Crippen LogP contribution in [0.15, 0.2) is 24.3 Å². The molecule has 0 amide bonds. The third-order valence-electron chi connectivity index (χ3n) is 4.43. The quantitative estimate of drug-likeness (QED) is 0.840. The average Bonchev–Trinajstić information content (AvgIpc) is 2.38. The van der Waals surface area contributed by atoms with Gasteiger partial charge in [0.15, 0.2) is 0 Å². The molecule has 102 valence electrons. The monoisotopic (exact) mass is 263 g/mol. The lowest BCUT2D eigenvalue weighted by Gasteiger charge is -2.46. The maximum atomic E-state index is 13.0. The Balaban J connectivity index is 1.81. The highest BCUT2D eigenvalue weighted by Crippen LogP contribution is 2.38. The number of rotatable bonds is 1. The van der Waals surface area contributed by atoms with E-state index in [0.717, 1.165) is 18.7 Å². The Kier molecular flexibility index (Phi) is 3.15. The number of carbonyl (C=O) groups is 1.